The van der Waals surface area contributed by atoms with E-state index in [0.29, 0.717) is 9.71 Å². The van der Waals surface area contributed by atoms with Gasteiger partial charge in [0.05, 0.1) is 5.75 Å². The van der Waals surface area contributed by atoms with Crippen molar-refractivity contribution in [2.24, 2.45) is 0 Å². The van der Waals surface area contributed by atoms with E-state index in [0.717, 1.165) is 66.3 Å². The highest BCUT2D eigenvalue weighted by Crippen LogP contribution is 2.24. The SMILES string of the molecule is C.C1CCOC1.CCCNC(=O)CCl.CCCNC(=O)CSc1nc(-c2ccccc2)ns1.S=c1nc(-c2ccccc2)[nH]s1. The molecule has 1 aliphatic rings. The van der Waals surface area contributed by atoms with E-state index in [1.807, 2.05) is 74.5 Å². The number of ether oxygens (including phenoxy) is 1. The van der Waals surface area contributed by atoms with E-state index in [9.17, 15) is 9.59 Å². The van der Waals surface area contributed by atoms with Crippen LogP contribution in [-0.2, 0) is 14.3 Å². The van der Waals surface area contributed by atoms with E-state index in [2.05, 4.69) is 29.3 Å². The summed E-state index contributed by atoms with van der Waals surface area (Å²) in [6.45, 7) is 7.48. The molecule has 3 N–H and O–H groups in total. The second kappa shape index (κ2) is 25.5. The first-order chi connectivity index (χ1) is 21.5. The summed E-state index contributed by atoms with van der Waals surface area (Å²) in [7, 11) is 0. The number of amides is 2. The van der Waals surface area contributed by atoms with Crippen LogP contribution in [-0.4, -0.2) is 68.5 Å². The number of carbonyl (C=O) groups excluding carboxylic acids is 2. The number of alkyl halides is 1. The van der Waals surface area contributed by atoms with Gasteiger partial charge in [0.15, 0.2) is 14.1 Å². The Morgan fingerprint density at radius 1 is 0.933 bits per heavy atom. The molecular weight excluding hydrogens is 668 g/mol. The maximum absolute atomic E-state index is 11.5. The van der Waals surface area contributed by atoms with Crippen molar-refractivity contribution in [3.05, 3.63) is 64.6 Å². The van der Waals surface area contributed by atoms with Crippen LogP contribution in [0.4, 0.5) is 0 Å². The van der Waals surface area contributed by atoms with Crippen LogP contribution in [0, 0.1) is 3.95 Å². The van der Waals surface area contributed by atoms with E-state index in [1.54, 1.807) is 0 Å². The minimum Gasteiger partial charge on any atom is -0.381 e. The molecule has 2 aromatic heterocycles. The Labute approximate surface area is 289 Å². The van der Waals surface area contributed by atoms with Gasteiger partial charge >= 0.3 is 0 Å². The first kappa shape index (κ1) is 40.3. The van der Waals surface area contributed by atoms with Crippen LogP contribution in [0.25, 0.3) is 22.8 Å². The lowest BCUT2D eigenvalue weighted by Crippen LogP contribution is -2.25. The molecule has 9 nitrogen and oxygen atoms in total. The molecule has 2 aromatic carbocycles. The molecule has 0 saturated carbocycles. The molecule has 2 amide bonds. The summed E-state index contributed by atoms with van der Waals surface area (Å²) >= 11 is 14.2. The van der Waals surface area contributed by atoms with Gasteiger partial charge in [0, 0.05) is 37.4 Å². The first-order valence-corrected chi connectivity index (χ1v) is 17.8. The average Bonchev–Trinajstić information content (AvgIpc) is 3.88. The number of nitrogens with zero attached hydrogens (tertiary/aromatic N) is 3. The maximum atomic E-state index is 11.5. The zero-order valence-electron chi connectivity index (χ0n) is 24.9. The fourth-order valence-electron chi connectivity index (χ4n) is 3.19. The molecule has 45 heavy (non-hydrogen) atoms. The summed E-state index contributed by atoms with van der Waals surface area (Å²) < 4.78 is 13.8. The predicted octanol–water partition coefficient (Wildman–Crippen LogP) is 7.88. The van der Waals surface area contributed by atoms with Gasteiger partial charge in [-0.25, -0.2) is 9.97 Å². The first-order valence-electron chi connectivity index (χ1n) is 14.3. The normalized spacial score (nSPS) is 11.3. The molecule has 0 aliphatic carbocycles. The van der Waals surface area contributed by atoms with Crippen molar-refractivity contribution >= 4 is 70.5 Å². The molecule has 3 heterocycles. The van der Waals surface area contributed by atoms with Crippen LogP contribution in [0.15, 0.2) is 65.0 Å². The highest BCUT2D eigenvalue weighted by Gasteiger charge is 2.09. The smallest absolute Gasteiger partial charge is 0.234 e. The maximum Gasteiger partial charge on any atom is 0.234 e. The van der Waals surface area contributed by atoms with E-state index >= 15 is 0 Å². The lowest BCUT2D eigenvalue weighted by Gasteiger charge is -2.00. The summed E-state index contributed by atoms with van der Waals surface area (Å²) in [5.74, 6) is 1.99. The quantitative estimate of drug-likeness (QED) is 0.0864. The Morgan fingerprint density at radius 3 is 2.00 bits per heavy atom. The Kier molecular flexibility index (Phi) is 22.9. The molecule has 1 fully saturated rings. The number of carbonyl (C=O) groups is 2. The lowest BCUT2D eigenvalue weighted by molar-refractivity contribution is -0.119. The van der Waals surface area contributed by atoms with Crippen LogP contribution in [0.1, 0.15) is 47.0 Å². The third-order valence-electron chi connectivity index (χ3n) is 5.34. The summed E-state index contributed by atoms with van der Waals surface area (Å²) in [6, 6.07) is 19.8. The molecule has 4 aromatic rings. The monoisotopic (exact) mass is 710 g/mol. The molecule has 0 spiro atoms. The largest absolute Gasteiger partial charge is 0.381 e. The topological polar surface area (TPSA) is 122 Å². The van der Waals surface area contributed by atoms with Crippen LogP contribution in [0.3, 0.4) is 0 Å². The van der Waals surface area contributed by atoms with Gasteiger partial charge in [0.25, 0.3) is 0 Å². The number of aromatic amines is 1. The van der Waals surface area contributed by atoms with Gasteiger partial charge < -0.3 is 15.4 Å². The standard InChI is InChI=1S/C13H15N3OS2.C8H6N2S2.C5H10ClNO.C4H8O.CH4/c1-2-8-14-11(17)9-18-13-15-12(16-19-13)10-6-4-3-5-7-10;11-8-9-7(10-12-8)6-4-2-1-3-5-6;1-2-3-7-5(8)4-6;1-2-4-5-3-1;/h3-7H,2,8-9H2,1H3,(H,14,17);1-5H,(H,9,10,11);2-4H2,1H3,(H,7,8);1-4H2;1H4. The van der Waals surface area contributed by atoms with Crippen molar-refractivity contribution in [1.29, 1.82) is 0 Å². The van der Waals surface area contributed by atoms with Crippen molar-refractivity contribution in [1.82, 2.24) is 29.3 Å². The highest BCUT2D eigenvalue weighted by atomic mass is 35.5. The molecular formula is C31H43ClN6O3S4. The van der Waals surface area contributed by atoms with E-state index in [1.165, 1.54) is 47.7 Å². The number of thioether (sulfide) groups is 1. The zero-order valence-corrected chi connectivity index (χ0v) is 28.9. The van der Waals surface area contributed by atoms with Gasteiger partial charge in [0.1, 0.15) is 11.7 Å². The second-order valence-electron chi connectivity index (χ2n) is 8.99. The Balaban J connectivity index is 0.000000332. The molecule has 0 radical (unpaired) electrons. The van der Waals surface area contributed by atoms with Crippen LogP contribution < -0.4 is 10.6 Å². The molecule has 246 valence electrons. The summed E-state index contributed by atoms with van der Waals surface area (Å²) in [5, 5.41) is 5.45. The number of benzene rings is 2. The summed E-state index contributed by atoms with van der Waals surface area (Å²) in [6.07, 6.45) is 4.47. The average molecular weight is 711 g/mol. The van der Waals surface area contributed by atoms with Crippen molar-refractivity contribution in [3.8, 4) is 22.8 Å². The second-order valence-corrected chi connectivity index (χ2v) is 12.7. The summed E-state index contributed by atoms with van der Waals surface area (Å²) in [5.41, 5.74) is 2.07. The molecule has 1 saturated heterocycles. The predicted molar refractivity (Wildman–Crippen MR) is 193 cm³/mol. The molecule has 0 bridgehead atoms. The van der Waals surface area contributed by atoms with Crippen molar-refractivity contribution < 1.29 is 14.3 Å². The Bertz CT molecular complexity index is 1370. The van der Waals surface area contributed by atoms with Crippen LogP contribution >= 0.6 is 58.6 Å². The summed E-state index contributed by atoms with van der Waals surface area (Å²) in [4.78, 5) is 30.4. The number of hydrogen-bond acceptors (Lipinski definition) is 10. The minimum absolute atomic E-state index is 0. The van der Waals surface area contributed by atoms with Gasteiger partial charge in [0.2, 0.25) is 11.8 Å². The highest BCUT2D eigenvalue weighted by molar-refractivity contribution is 8.01. The Hall–Kier alpha value is -2.68. The van der Waals surface area contributed by atoms with Crippen LogP contribution in [0.5, 0.6) is 0 Å². The minimum atomic E-state index is -0.0893. The van der Waals surface area contributed by atoms with Gasteiger partial charge in [-0.2, -0.15) is 4.37 Å². The molecule has 0 unspecified atom stereocenters. The third kappa shape index (κ3) is 18.2. The molecule has 0 atom stereocenters. The lowest BCUT2D eigenvalue weighted by atomic mass is 10.2. The van der Waals surface area contributed by atoms with Gasteiger partial charge in [-0.05, 0) is 61.0 Å². The van der Waals surface area contributed by atoms with Gasteiger partial charge in [-0.3, -0.25) is 14.0 Å². The van der Waals surface area contributed by atoms with Crippen molar-refractivity contribution in [3.63, 3.8) is 0 Å². The van der Waals surface area contributed by atoms with Crippen molar-refractivity contribution in [2.75, 3.05) is 37.9 Å². The number of halogens is 1. The Morgan fingerprint density at radius 2 is 1.51 bits per heavy atom. The fraction of sp³-hybridized carbons (Fsp3) is 0.419. The molecule has 5 rings (SSSR count). The van der Waals surface area contributed by atoms with Gasteiger partial charge in [-0.1, -0.05) is 93.7 Å². The zero-order chi connectivity index (χ0) is 31.8. The van der Waals surface area contributed by atoms with E-state index < -0.39 is 0 Å². The van der Waals surface area contributed by atoms with Crippen LogP contribution in [0.2, 0.25) is 0 Å². The number of rotatable bonds is 10. The molecule has 1 aliphatic heterocycles. The van der Waals surface area contributed by atoms with E-state index in [-0.39, 0.29) is 25.1 Å². The number of aromatic nitrogens is 4. The fourth-order valence-corrected chi connectivity index (χ4v) is 5.43. The van der Waals surface area contributed by atoms with E-state index in [4.69, 9.17) is 28.6 Å². The number of H-pyrrole nitrogens is 1. The number of nitrogens with one attached hydrogen (secondary N) is 3. The van der Waals surface area contributed by atoms with Crippen molar-refractivity contribution in [2.45, 2.75) is 51.3 Å². The molecule has 14 heteroatoms. The number of hydrogen-bond donors (Lipinski definition) is 3. The van der Waals surface area contributed by atoms with Gasteiger partial charge in [-0.15, -0.1) is 11.6 Å². The third-order valence-corrected chi connectivity index (χ3v) is 8.32.